The van der Waals surface area contributed by atoms with E-state index in [4.69, 9.17) is 4.74 Å². The Kier molecular flexibility index (Phi) is 6.92. The van der Waals surface area contributed by atoms with Gasteiger partial charge in [-0.2, -0.15) is 0 Å². The first kappa shape index (κ1) is 18.3. The topological polar surface area (TPSA) is 72.5 Å². The quantitative estimate of drug-likeness (QED) is 0.767. The maximum absolute atomic E-state index is 11.8. The molecule has 2 rings (SSSR count). The molecule has 7 heteroatoms. The smallest absolute Gasteiger partial charge is 0.230 e. The number of sulfone groups is 1. The molecule has 0 aliphatic carbocycles. The molecule has 128 valence electrons. The molecule has 1 amide bonds. The van der Waals surface area contributed by atoms with Gasteiger partial charge in [-0.3, -0.25) is 4.79 Å². The van der Waals surface area contributed by atoms with E-state index in [1.54, 1.807) is 0 Å². The number of benzene rings is 1. The average molecular weight is 357 g/mol. The Morgan fingerprint density at radius 2 is 2.00 bits per heavy atom. The SMILES string of the molecule is CCOCc1ccc(CNC(=O)CS[C@H]2CCS(=O)(=O)C2)cc1. The second-order valence-corrected chi connectivity index (χ2v) is 9.08. The van der Waals surface area contributed by atoms with Crippen LogP contribution >= 0.6 is 11.8 Å². The number of thioether (sulfide) groups is 1. The van der Waals surface area contributed by atoms with Crippen molar-refractivity contribution in [1.82, 2.24) is 5.32 Å². The van der Waals surface area contributed by atoms with Gasteiger partial charge in [0.15, 0.2) is 9.84 Å². The first-order chi connectivity index (χ1) is 11.0. The number of carbonyl (C=O) groups is 1. The maximum atomic E-state index is 11.8. The van der Waals surface area contributed by atoms with Crippen LogP contribution in [0.3, 0.4) is 0 Å². The van der Waals surface area contributed by atoms with Gasteiger partial charge in [-0.1, -0.05) is 24.3 Å². The van der Waals surface area contributed by atoms with Gasteiger partial charge in [0, 0.05) is 18.4 Å². The lowest BCUT2D eigenvalue weighted by atomic mass is 10.1. The van der Waals surface area contributed by atoms with Crippen LogP contribution in [0.4, 0.5) is 0 Å². The standard InChI is InChI=1S/C16H23NO4S2/c1-2-21-10-14-5-3-13(4-6-14)9-17-16(18)11-22-15-7-8-23(19,20)12-15/h3-6,15H,2,7-12H2,1H3,(H,17,18)/t15-/m0/s1. The van der Waals surface area contributed by atoms with Gasteiger partial charge in [0.25, 0.3) is 0 Å². The zero-order valence-corrected chi connectivity index (χ0v) is 14.9. The highest BCUT2D eigenvalue weighted by molar-refractivity contribution is 8.02. The molecule has 5 nitrogen and oxygen atoms in total. The molecule has 23 heavy (non-hydrogen) atoms. The fourth-order valence-corrected chi connectivity index (χ4v) is 5.78. The minimum absolute atomic E-state index is 0.0577. The molecule has 1 aromatic carbocycles. The van der Waals surface area contributed by atoms with Crippen LogP contribution in [0.15, 0.2) is 24.3 Å². The number of ether oxygens (including phenoxy) is 1. The van der Waals surface area contributed by atoms with Crippen LogP contribution in [0, 0.1) is 0 Å². The predicted molar refractivity (Wildman–Crippen MR) is 93.1 cm³/mol. The van der Waals surface area contributed by atoms with Crippen molar-refractivity contribution in [1.29, 1.82) is 0 Å². The molecule has 0 radical (unpaired) electrons. The first-order valence-electron chi connectivity index (χ1n) is 7.73. The van der Waals surface area contributed by atoms with Gasteiger partial charge >= 0.3 is 0 Å². The zero-order chi connectivity index (χ0) is 16.7. The Hall–Kier alpha value is -1.05. The van der Waals surface area contributed by atoms with Gasteiger partial charge in [-0.15, -0.1) is 11.8 Å². The van der Waals surface area contributed by atoms with Gasteiger partial charge < -0.3 is 10.1 Å². The van der Waals surface area contributed by atoms with Crippen molar-refractivity contribution < 1.29 is 17.9 Å². The number of hydrogen-bond donors (Lipinski definition) is 1. The third-order valence-electron chi connectivity index (χ3n) is 3.63. The van der Waals surface area contributed by atoms with Gasteiger partial charge in [-0.25, -0.2) is 8.42 Å². The summed E-state index contributed by atoms with van der Waals surface area (Å²) >= 11 is 1.43. The molecule has 1 atom stereocenters. The summed E-state index contributed by atoms with van der Waals surface area (Å²) in [5.41, 5.74) is 2.15. The predicted octanol–water partition coefficient (Wildman–Crippen LogP) is 1.76. The van der Waals surface area contributed by atoms with E-state index < -0.39 is 9.84 Å². The van der Waals surface area contributed by atoms with Crippen molar-refractivity contribution in [3.05, 3.63) is 35.4 Å². The lowest BCUT2D eigenvalue weighted by Crippen LogP contribution is -2.25. The largest absolute Gasteiger partial charge is 0.377 e. The summed E-state index contributed by atoms with van der Waals surface area (Å²) in [6, 6.07) is 7.95. The van der Waals surface area contributed by atoms with E-state index in [0.717, 1.165) is 11.1 Å². The molecular formula is C16H23NO4S2. The molecule has 1 N–H and O–H groups in total. The number of nitrogens with one attached hydrogen (secondary N) is 1. The van der Waals surface area contributed by atoms with Crippen LogP contribution in [0.1, 0.15) is 24.5 Å². The molecule has 0 spiro atoms. The highest BCUT2D eigenvalue weighted by atomic mass is 32.2. The fraction of sp³-hybridized carbons (Fsp3) is 0.562. The third kappa shape index (κ3) is 6.53. The summed E-state index contributed by atoms with van der Waals surface area (Å²) in [6.07, 6.45) is 0.654. The minimum atomic E-state index is -2.87. The number of carbonyl (C=O) groups excluding carboxylic acids is 1. The van der Waals surface area contributed by atoms with Crippen molar-refractivity contribution in [3.8, 4) is 0 Å². The average Bonchev–Trinajstić information content (AvgIpc) is 2.89. The maximum Gasteiger partial charge on any atom is 0.230 e. The summed E-state index contributed by atoms with van der Waals surface area (Å²) in [5, 5.41) is 2.92. The van der Waals surface area contributed by atoms with Crippen LogP contribution in [0.2, 0.25) is 0 Å². The van der Waals surface area contributed by atoms with Crippen molar-refractivity contribution in [3.63, 3.8) is 0 Å². The zero-order valence-electron chi connectivity index (χ0n) is 13.3. The van der Waals surface area contributed by atoms with Gasteiger partial charge in [0.2, 0.25) is 5.91 Å². The van der Waals surface area contributed by atoms with E-state index >= 15 is 0 Å². The molecule has 0 saturated carbocycles. The summed E-state index contributed by atoms with van der Waals surface area (Å²) in [6.45, 7) is 3.74. The Morgan fingerprint density at radius 1 is 1.30 bits per heavy atom. The van der Waals surface area contributed by atoms with Crippen molar-refractivity contribution in [2.45, 2.75) is 31.7 Å². The molecule has 0 aromatic heterocycles. The molecule has 1 aromatic rings. The minimum Gasteiger partial charge on any atom is -0.377 e. The Balaban J connectivity index is 1.68. The molecule has 1 fully saturated rings. The van der Waals surface area contributed by atoms with Crippen molar-refractivity contribution in [2.75, 3.05) is 23.9 Å². The van der Waals surface area contributed by atoms with E-state index in [1.807, 2.05) is 31.2 Å². The van der Waals surface area contributed by atoms with E-state index in [1.165, 1.54) is 11.8 Å². The molecule has 1 aliphatic rings. The third-order valence-corrected chi connectivity index (χ3v) is 6.91. The number of hydrogen-bond acceptors (Lipinski definition) is 5. The summed E-state index contributed by atoms with van der Waals surface area (Å²) in [7, 11) is -2.87. The van der Waals surface area contributed by atoms with Gasteiger partial charge in [0.05, 0.1) is 23.9 Å². The highest BCUT2D eigenvalue weighted by Crippen LogP contribution is 2.23. The highest BCUT2D eigenvalue weighted by Gasteiger charge is 2.28. The Bertz CT molecular complexity index is 613. The fourth-order valence-electron chi connectivity index (χ4n) is 2.31. The van der Waals surface area contributed by atoms with Crippen LogP contribution in [-0.2, 0) is 32.5 Å². The van der Waals surface area contributed by atoms with Crippen molar-refractivity contribution in [2.24, 2.45) is 0 Å². The van der Waals surface area contributed by atoms with E-state index in [0.29, 0.717) is 31.9 Å². The lowest BCUT2D eigenvalue weighted by molar-refractivity contribution is -0.118. The Morgan fingerprint density at radius 3 is 2.61 bits per heavy atom. The number of amides is 1. The second-order valence-electron chi connectivity index (χ2n) is 5.57. The first-order valence-corrected chi connectivity index (χ1v) is 10.6. The van der Waals surface area contributed by atoms with Gasteiger partial charge in [0.1, 0.15) is 0 Å². The molecule has 1 aliphatic heterocycles. The molecule has 1 saturated heterocycles. The van der Waals surface area contributed by atoms with E-state index in [-0.39, 0.29) is 22.7 Å². The molecule has 1 heterocycles. The van der Waals surface area contributed by atoms with E-state index in [2.05, 4.69) is 5.32 Å². The molecular weight excluding hydrogens is 334 g/mol. The van der Waals surface area contributed by atoms with Crippen LogP contribution < -0.4 is 5.32 Å². The Labute approximate surface area is 142 Å². The molecule has 0 bridgehead atoms. The number of rotatable bonds is 8. The van der Waals surface area contributed by atoms with Crippen LogP contribution in [0.5, 0.6) is 0 Å². The monoisotopic (exact) mass is 357 g/mol. The normalized spacial score (nSPS) is 19.6. The van der Waals surface area contributed by atoms with Crippen LogP contribution in [-0.4, -0.2) is 43.4 Å². The molecule has 0 unspecified atom stereocenters. The summed E-state index contributed by atoms with van der Waals surface area (Å²) in [5.74, 6) is 0.701. The summed E-state index contributed by atoms with van der Waals surface area (Å²) in [4.78, 5) is 11.8. The second kappa shape index (κ2) is 8.70. The summed E-state index contributed by atoms with van der Waals surface area (Å²) < 4.78 is 28.1. The lowest BCUT2D eigenvalue weighted by Gasteiger charge is -2.09. The van der Waals surface area contributed by atoms with Crippen molar-refractivity contribution >= 4 is 27.5 Å². The van der Waals surface area contributed by atoms with E-state index in [9.17, 15) is 13.2 Å². The van der Waals surface area contributed by atoms with Crippen LogP contribution in [0.25, 0.3) is 0 Å². The van der Waals surface area contributed by atoms with Gasteiger partial charge in [-0.05, 0) is 24.5 Å².